The summed E-state index contributed by atoms with van der Waals surface area (Å²) < 4.78 is 2.32. The number of hydrogen-bond donors (Lipinski definition) is 1. The third-order valence-corrected chi connectivity index (χ3v) is 5.03. The van der Waals surface area contributed by atoms with Crippen LogP contribution >= 0.6 is 0 Å². The Kier molecular flexibility index (Phi) is 7.20. The molecular weight excluding hydrogens is 332 g/mol. The summed E-state index contributed by atoms with van der Waals surface area (Å²) in [6, 6.07) is 10.5. The summed E-state index contributed by atoms with van der Waals surface area (Å²) in [4.78, 5) is 4.18. The Morgan fingerprint density at radius 2 is 1.89 bits per heavy atom. The van der Waals surface area contributed by atoms with Crippen LogP contribution in [0.1, 0.15) is 63.4 Å². The highest BCUT2D eigenvalue weighted by Crippen LogP contribution is 2.32. The van der Waals surface area contributed by atoms with Gasteiger partial charge in [-0.3, -0.25) is 4.98 Å². The fourth-order valence-corrected chi connectivity index (χ4v) is 3.77. The van der Waals surface area contributed by atoms with Crippen LogP contribution in [0.15, 0.2) is 42.7 Å². The van der Waals surface area contributed by atoms with Crippen molar-refractivity contribution in [3.8, 4) is 0 Å². The molecule has 3 aromatic rings. The summed E-state index contributed by atoms with van der Waals surface area (Å²) in [6.45, 7) is 13.0. The van der Waals surface area contributed by atoms with E-state index in [9.17, 15) is 5.11 Å². The zero-order valence-electron chi connectivity index (χ0n) is 17.7. The van der Waals surface area contributed by atoms with Gasteiger partial charge in [0.2, 0.25) is 0 Å². The summed E-state index contributed by atoms with van der Waals surface area (Å²) in [5.74, 6) is 0. The lowest BCUT2D eigenvalue weighted by molar-refractivity contribution is 0.0384. The number of pyridine rings is 1. The van der Waals surface area contributed by atoms with Crippen LogP contribution in [0.25, 0.3) is 10.9 Å². The van der Waals surface area contributed by atoms with E-state index in [4.69, 9.17) is 0 Å². The second-order valence-electron chi connectivity index (χ2n) is 7.15. The molecule has 0 aliphatic heterocycles. The van der Waals surface area contributed by atoms with Crippen molar-refractivity contribution in [1.82, 2.24) is 9.55 Å². The smallest absolute Gasteiger partial charge is 0.106 e. The largest absolute Gasteiger partial charge is 0.384 e. The first-order valence-corrected chi connectivity index (χ1v) is 10.2. The third-order valence-electron chi connectivity index (χ3n) is 5.03. The molecule has 1 atom stereocenters. The van der Waals surface area contributed by atoms with Gasteiger partial charge >= 0.3 is 0 Å². The van der Waals surface area contributed by atoms with Crippen LogP contribution in [-0.2, 0) is 25.0 Å². The summed E-state index contributed by atoms with van der Waals surface area (Å²) in [5.41, 5.74) is 5.16. The van der Waals surface area contributed by atoms with Gasteiger partial charge in [-0.2, -0.15) is 0 Å². The van der Waals surface area contributed by atoms with Crippen molar-refractivity contribution < 1.29 is 5.11 Å². The molecule has 27 heavy (non-hydrogen) atoms. The molecule has 146 valence electrons. The average molecular weight is 367 g/mol. The van der Waals surface area contributed by atoms with Crippen LogP contribution < -0.4 is 0 Å². The van der Waals surface area contributed by atoms with Gasteiger partial charge in [0.1, 0.15) is 5.60 Å². The molecule has 1 N–H and O–H groups in total. The number of fused-ring (bicyclic) bond motifs is 1. The first-order valence-electron chi connectivity index (χ1n) is 10.2. The topological polar surface area (TPSA) is 38.0 Å². The zero-order valence-corrected chi connectivity index (χ0v) is 17.7. The van der Waals surface area contributed by atoms with Crippen LogP contribution in [0.5, 0.6) is 0 Å². The van der Waals surface area contributed by atoms with Crippen molar-refractivity contribution in [2.24, 2.45) is 0 Å². The molecular formula is C24H34N2O. The Morgan fingerprint density at radius 3 is 2.48 bits per heavy atom. The first kappa shape index (κ1) is 21.2. The molecule has 0 aliphatic rings. The number of rotatable bonds is 6. The highest BCUT2D eigenvalue weighted by atomic mass is 16.3. The van der Waals surface area contributed by atoms with Crippen LogP contribution in [0, 0.1) is 6.92 Å². The molecule has 2 aromatic heterocycles. The Balaban J connectivity index is 0.00000126. The van der Waals surface area contributed by atoms with Crippen molar-refractivity contribution in [2.75, 3.05) is 0 Å². The van der Waals surface area contributed by atoms with E-state index >= 15 is 0 Å². The van der Waals surface area contributed by atoms with Crippen LogP contribution in [0.3, 0.4) is 0 Å². The number of aryl methyl sites for hydroxylation is 2. The van der Waals surface area contributed by atoms with Crippen molar-refractivity contribution in [2.45, 2.75) is 73.0 Å². The van der Waals surface area contributed by atoms with Crippen LogP contribution in [0.4, 0.5) is 0 Å². The molecule has 1 aromatic carbocycles. The average Bonchev–Trinajstić information content (AvgIpc) is 2.96. The van der Waals surface area contributed by atoms with E-state index in [0.29, 0.717) is 6.54 Å². The van der Waals surface area contributed by atoms with Gasteiger partial charge in [0.15, 0.2) is 0 Å². The Labute approximate surface area is 164 Å². The lowest BCUT2D eigenvalue weighted by atomic mass is 9.97. The maximum Gasteiger partial charge on any atom is 0.106 e. The van der Waals surface area contributed by atoms with E-state index in [2.05, 4.69) is 48.5 Å². The molecule has 3 rings (SSSR count). The summed E-state index contributed by atoms with van der Waals surface area (Å²) >= 11 is 0. The maximum absolute atomic E-state index is 11.2. The summed E-state index contributed by atoms with van der Waals surface area (Å²) in [6.07, 6.45) is 6.63. The molecule has 3 nitrogen and oxygen atoms in total. The van der Waals surface area contributed by atoms with E-state index in [0.717, 1.165) is 24.8 Å². The minimum absolute atomic E-state index is 0.535. The molecule has 0 fully saturated rings. The first-order chi connectivity index (χ1) is 13.0. The predicted molar refractivity (Wildman–Crippen MR) is 115 cm³/mol. The van der Waals surface area contributed by atoms with Gasteiger partial charge < -0.3 is 9.67 Å². The minimum atomic E-state index is -0.960. The molecule has 3 heteroatoms. The van der Waals surface area contributed by atoms with Gasteiger partial charge in [0.05, 0.1) is 6.54 Å². The second-order valence-corrected chi connectivity index (χ2v) is 7.15. The molecule has 0 spiro atoms. The van der Waals surface area contributed by atoms with Crippen molar-refractivity contribution in [1.29, 1.82) is 0 Å². The molecule has 2 heterocycles. The van der Waals surface area contributed by atoms with Crippen LogP contribution in [-0.4, -0.2) is 14.7 Å². The normalized spacial score (nSPS) is 13.1. The van der Waals surface area contributed by atoms with Gasteiger partial charge in [-0.25, -0.2) is 0 Å². The van der Waals surface area contributed by atoms with Crippen molar-refractivity contribution >= 4 is 10.9 Å². The minimum Gasteiger partial charge on any atom is -0.384 e. The molecule has 0 amide bonds. The molecule has 0 saturated carbocycles. The number of hydrogen-bond acceptors (Lipinski definition) is 2. The number of benzene rings is 1. The van der Waals surface area contributed by atoms with E-state index in [-0.39, 0.29) is 0 Å². The molecule has 0 bridgehead atoms. The monoisotopic (exact) mass is 366 g/mol. The Hall–Kier alpha value is -2.13. The van der Waals surface area contributed by atoms with Gasteiger partial charge in [-0.15, -0.1) is 0 Å². The molecule has 0 radical (unpaired) electrons. The van der Waals surface area contributed by atoms with Crippen molar-refractivity contribution in [3.05, 3.63) is 65.1 Å². The SMILES string of the molecule is CC.CCCc1c(CC)c2cc(C)ccc2n1CC(C)(O)c1cccnc1. The predicted octanol–water partition coefficient (Wildman–Crippen LogP) is 5.79. The Bertz CT molecular complexity index is 863. The van der Waals surface area contributed by atoms with E-state index < -0.39 is 5.60 Å². The molecule has 1 unspecified atom stereocenters. The lowest BCUT2D eigenvalue weighted by Crippen LogP contribution is -2.28. The fourth-order valence-electron chi connectivity index (χ4n) is 3.77. The number of aliphatic hydroxyl groups is 1. The summed E-state index contributed by atoms with van der Waals surface area (Å²) in [7, 11) is 0. The number of nitrogens with zero attached hydrogens (tertiary/aromatic N) is 2. The quantitative estimate of drug-likeness (QED) is 0.599. The van der Waals surface area contributed by atoms with Gasteiger partial charge in [-0.05, 0) is 50.5 Å². The van der Waals surface area contributed by atoms with E-state index in [1.54, 1.807) is 12.4 Å². The molecule has 0 saturated heterocycles. The zero-order chi connectivity index (χ0) is 20.0. The summed E-state index contributed by atoms with van der Waals surface area (Å²) in [5, 5.41) is 12.5. The van der Waals surface area contributed by atoms with E-state index in [1.165, 1.54) is 27.7 Å². The second kappa shape index (κ2) is 9.18. The highest BCUT2D eigenvalue weighted by molar-refractivity contribution is 5.86. The maximum atomic E-state index is 11.2. The number of aromatic nitrogens is 2. The third kappa shape index (κ3) is 4.41. The van der Waals surface area contributed by atoms with E-state index in [1.807, 2.05) is 32.9 Å². The van der Waals surface area contributed by atoms with Gasteiger partial charge in [0.25, 0.3) is 0 Å². The highest BCUT2D eigenvalue weighted by Gasteiger charge is 2.27. The van der Waals surface area contributed by atoms with Crippen LogP contribution in [0.2, 0.25) is 0 Å². The van der Waals surface area contributed by atoms with Gasteiger partial charge in [-0.1, -0.05) is 51.8 Å². The van der Waals surface area contributed by atoms with Crippen molar-refractivity contribution in [3.63, 3.8) is 0 Å². The molecule has 0 aliphatic carbocycles. The standard InChI is InChI=1S/C22H28N2O.C2H6/c1-5-8-20-18(6-2)19-13-16(3)10-11-21(19)24(20)15-22(4,25)17-9-7-12-23-14-17;1-2/h7,9-14,25H,5-6,8,15H2,1-4H3;1-2H3. The lowest BCUT2D eigenvalue weighted by Gasteiger charge is -2.26. The van der Waals surface area contributed by atoms with Gasteiger partial charge in [0, 0.05) is 34.6 Å². The Morgan fingerprint density at radius 1 is 1.15 bits per heavy atom. The fraction of sp³-hybridized carbons (Fsp3) is 0.458.